The van der Waals surface area contributed by atoms with E-state index in [1.54, 1.807) is 31.2 Å². The van der Waals surface area contributed by atoms with E-state index in [4.69, 9.17) is 16.3 Å². The minimum atomic E-state index is -0.899. The van der Waals surface area contributed by atoms with E-state index in [1.807, 2.05) is 0 Å². The van der Waals surface area contributed by atoms with E-state index in [1.165, 1.54) is 0 Å². The Morgan fingerprint density at radius 3 is 2.65 bits per heavy atom. The fraction of sp³-hybridized carbons (Fsp3) is 0.154. The monoisotopic (exact) mass is 294 g/mol. The first-order valence-corrected chi connectivity index (χ1v) is 6.17. The van der Waals surface area contributed by atoms with Crippen LogP contribution in [0, 0.1) is 0 Å². The first-order chi connectivity index (χ1) is 9.54. The van der Waals surface area contributed by atoms with Crippen LogP contribution in [0.25, 0.3) is 11.3 Å². The van der Waals surface area contributed by atoms with E-state index in [2.05, 4.69) is 10.2 Å². The number of nitrogens with zero attached hydrogens (tertiary/aromatic N) is 1. The third-order valence-electron chi connectivity index (χ3n) is 2.55. The fourth-order valence-electron chi connectivity index (χ4n) is 1.64. The molecule has 0 unspecified atom stereocenters. The highest BCUT2D eigenvalue weighted by Gasteiger charge is 2.22. The van der Waals surface area contributed by atoms with E-state index in [0.717, 1.165) is 0 Å². The molecule has 0 saturated carbocycles. The number of aromatic amines is 1. The second-order valence-corrected chi connectivity index (χ2v) is 4.29. The molecule has 1 aromatic heterocycles. The van der Waals surface area contributed by atoms with Crippen molar-refractivity contribution in [1.29, 1.82) is 0 Å². The first-order valence-electron chi connectivity index (χ1n) is 5.79. The molecule has 0 aliphatic heterocycles. The van der Waals surface area contributed by atoms with E-state index in [0.29, 0.717) is 10.6 Å². The molecule has 0 saturated heterocycles. The molecule has 2 rings (SSSR count). The maximum Gasteiger partial charge on any atom is 0.347 e. The molecule has 7 heteroatoms. The van der Waals surface area contributed by atoms with Crippen molar-refractivity contribution in [1.82, 2.24) is 10.2 Å². The zero-order valence-electron chi connectivity index (χ0n) is 10.5. The molecule has 104 valence electrons. The topological polar surface area (TPSA) is 92.3 Å². The summed E-state index contributed by atoms with van der Waals surface area (Å²) in [5.41, 5.74) is -0.691. The van der Waals surface area contributed by atoms with E-state index >= 15 is 0 Å². The van der Waals surface area contributed by atoms with Gasteiger partial charge in [-0.15, -0.1) is 0 Å². The lowest BCUT2D eigenvalue weighted by Crippen LogP contribution is -2.21. The molecule has 0 bridgehead atoms. The van der Waals surface area contributed by atoms with Gasteiger partial charge in [-0.25, -0.2) is 9.89 Å². The number of aromatic nitrogens is 2. The van der Waals surface area contributed by atoms with Crippen LogP contribution in [-0.4, -0.2) is 27.9 Å². The summed E-state index contributed by atoms with van der Waals surface area (Å²) in [6, 6.07) is 6.43. The molecule has 6 nitrogen and oxygen atoms in total. The van der Waals surface area contributed by atoms with Crippen LogP contribution < -0.4 is 5.56 Å². The molecule has 2 N–H and O–H groups in total. The van der Waals surface area contributed by atoms with Gasteiger partial charge in [-0.05, 0) is 19.1 Å². The number of H-pyrrole nitrogens is 1. The number of carbonyl (C=O) groups is 1. The van der Waals surface area contributed by atoms with Crippen molar-refractivity contribution in [3.8, 4) is 17.0 Å². The summed E-state index contributed by atoms with van der Waals surface area (Å²) in [7, 11) is 0. The Balaban J connectivity index is 2.56. The van der Waals surface area contributed by atoms with Gasteiger partial charge in [-0.3, -0.25) is 4.79 Å². The Morgan fingerprint density at radius 1 is 1.40 bits per heavy atom. The van der Waals surface area contributed by atoms with Crippen molar-refractivity contribution >= 4 is 17.6 Å². The zero-order chi connectivity index (χ0) is 14.7. The lowest BCUT2D eigenvalue weighted by Gasteiger charge is -2.07. The maximum absolute atomic E-state index is 11.7. The molecule has 20 heavy (non-hydrogen) atoms. The SMILES string of the molecule is CCOC(=O)c1c(O)c(-c2ccc(Cl)cc2)n[nH]c1=O. The van der Waals surface area contributed by atoms with Gasteiger partial charge in [0.1, 0.15) is 5.69 Å². The number of ether oxygens (including phenoxy) is 1. The summed E-state index contributed by atoms with van der Waals surface area (Å²) in [6.45, 7) is 1.70. The average molecular weight is 295 g/mol. The van der Waals surface area contributed by atoms with Crippen LogP contribution in [0.5, 0.6) is 5.75 Å². The number of aromatic hydroxyl groups is 1. The maximum atomic E-state index is 11.7. The number of rotatable bonds is 3. The fourth-order valence-corrected chi connectivity index (χ4v) is 1.77. The van der Waals surface area contributed by atoms with Crippen LogP contribution in [0.1, 0.15) is 17.3 Å². The molecule has 0 aliphatic rings. The highest BCUT2D eigenvalue weighted by Crippen LogP contribution is 2.28. The van der Waals surface area contributed by atoms with Gasteiger partial charge in [0.05, 0.1) is 6.61 Å². The molecule has 0 aliphatic carbocycles. The molecular weight excluding hydrogens is 284 g/mol. The Bertz CT molecular complexity index is 695. The molecule has 0 fully saturated rings. The third-order valence-corrected chi connectivity index (χ3v) is 2.81. The van der Waals surface area contributed by atoms with Gasteiger partial charge in [0.15, 0.2) is 11.3 Å². The second-order valence-electron chi connectivity index (χ2n) is 3.85. The van der Waals surface area contributed by atoms with E-state index in [9.17, 15) is 14.7 Å². The average Bonchev–Trinajstić information content (AvgIpc) is 2.41. The first kappa shape index (κ1) is 14.1. The van der Waals surface area contributed by atoms with Gasteiger partial charge in [-0.1, -0.05) is 23.7 Å². The molecule has 0 spiro atoms. The molecule has 0 amide bonds. The van der Waals surface area contributed by atoms with Crippen molar-refractivity contribution in [2.45, 2.75) is 6.92 Å². The Kier molecular flexibility index (Phi) is 4.05. The van der Waals surface area contributed by atoms with Gasteiger partial charge >= 0.3 is 5.97 Å². The normalized spacial score (nSPS) is 10.3. The molecular formula is C13H11ClN2O4. The lowest BCUT2D eigenvalue weighted by atomic mass is 10.1. The Labute approximate surface area is 119 Å². The summed E-state index contributed by atoms with van der Waals surface area (Å²) >= 11 is 5.77. The van der Waals surface area contributed by atoms with E-state index < -0.39 is 22.8 Å². The van der Waals surface area contributed by atoms with Crippen LogP contribution in [0.4, 0.5) is 0 Å². The summed E-state index contributed by atoms with van der Waals surface area (Å²) in [5, 5.41) is 16.5. The number of hydrogen-bond donors (Lipinski definition) is 2. The number of benzene rings is 1. The number of esters is 1. The van der Waals surface area contributed by atoms with Crippen LogP contribution in [0.15, 0.2) is 29.1 Å². The minimum absolute atomic E-state index is 0.0734. The quantitative estimate of drug-likeness (QED) is 0.844. The number of hydrogen-bond acceptors (Lipinski definition) is 5. The standard InChI is InChI=1S/C13H11ClN2O4/c1-2-20-13(19)9-11(17)10(15-16-12(9)18)7-3-5-8(14)6-4-7/h3-6H,2H2,1H3,(H2,16,17,18). The van der Waals surface area contributed by atoms with Crippen molar-refractivity contribution in [3.05, 3.63) is 45.2 Å². The van der Waals surface area contributed by atoms with Crippen LogP contribution in [0.2, 0.25) is 5.02 Å². The number of nitrogens with one attached hydrogen (secondary N) is 1. The molecule has 2 aromatic rings. The Hall–Kier alpha value is -2.34. The number of carbonyl (C=O) groups excluding carboxylic acids is 1. The summed E-state index contributed by atoms with van der Waals surface area (Å²) < 4.78 is 4.73. The number of halogens is 1. The predicted molar refractivity (Wildman–Crippen MR) is 72.9 cm³/mol. The van der Waals surface area contributed by atoms with Crippen molar-refractivity contribution < 1.29 is 14.6 Å². The van der Waals surface area contributed by atoms with E-state index in [-0.39, 0.29) is 12.3 Å². The zero-order valence-corrected chi connectivity index (χ0v) is 11.3. The Morgan fingerprint density at radius 2 is 2.05 bits per heavy atom. The van der Waals surface area contributed by atoms with Crippen LogP contribution in [0.3, 0.4) is 0 Å². The summed E-state index contributed by atoms with van der Waals surface area (Å²) in [5.74, 6) is -1.42. The summed E-state index contributed by atoms with van der Waals surface area (Å²) in [6.07, 6.45) is 0. The molecule has 0 radical (unpaired) electrons. The second kappa shape index (κ2) is 5.75. The molecule has 0 atom stereocenters. The highest BCUT2D eigenvalue weighted by atomic mass is 35.5. The lowest BCUT2D eigenvalue weighted by molar-refractivity contribution is 0.0520. The smallest absolute Gasteiger partial charge is 0.347 e. The van der Waals surface area contributed by atoms with Crippen LogP contribution >= 0.6 is 11.6 Å². The highest BCUT2D eigenvalue weighted by molar-refractivity contribution is 6.30. The van der Waals surface area contributed by atoms with Gasteiger partial charge in [-0.2, -0.15) is 5.10 Å². The molecule has 1 heterocycles. The largest absolute Gasteiger partial charge is 0.505 e. The van der Waals surface area contributed by atoms with Crippen molar-refractivity contribution in [3.63, 3.8) is 0 Å². The summed E-state index contributed by atoms with van der Waals surface area (Å²) in [4.78, 5) is 23.3. The minimum Gasteiger partial charge on any atom is -0.505 e. The molecule has 1 aromatic carbocycles. The van der Waals surface area contributed by atoms with Gasteiger partial charge < -0.3 is 9.84 Å². The van der Waals surface area contributed by atoms with Crippen molar-refractivity contribution in [2.75, 3.05) is 6.61 Å². The van der Waals surface area contributed by atoms with Crippen LogP contribution in [-0.2, 0) is 4.74 Å². The van der Waals surface area contributed by atoms with Crippen molar-refractivity contribution in [2.24, 2.45) is 0 Å². The van der Waals surface area contributed by atoms with Gasteiger partial charge in [0.2, 0.25) is 0 Å². The van der Waals surface area contributed by atoms with Gasteiger partial charge in [0.25, 0.3) is 5.56 Å². The third kappa shape index (κ3) is 2.65. The predicted octanol–water partition coefficient (Wildman–Crippen LogP) is 1.97. The van der Waals surface area contributed by atoms with Gasteiger partial charge in [0, 0.05) is 10.6 Å².